The molecule has 3 aromatic heterocycles. The highest BCUT2D eigenvalue weighted by atomic mass is 32.1. The minimum atomic E-state index is -0.539. The molecule has 128 valence electrons. The van der Waals surface area contributed by atoms with E-state index in [2.05, 4.69) is 32.9 Å². The van der Waals surface area contributed by atoms with Crippen LogP contribution in [0.4, 0.5) is 0 Å². The lowest BCUT2D eigenvalue weighted by Gasteiger charge is -2.08. The van der Waals surface area contributed by atoms with Crippen LogP contribution in [0.25, 0.3) is 10.2 Å². The number of fused-ring (bicyclic) bond motifs is 1. The van der Waals surface area contributed by atoms with E-state index in [0.717, 1.165) is 23.1 Å². The zero-order valence-corrected chi connectivity index (χ0v) is 14.9. The van der Waals surface area contributed by atoms with E-state index in [1.807, 2.05) is 6.07 Å². The van der Waals surface area contributed by atoms with E-state index in [1.54, 1.807) is 24.7 Å². The zero-order chi connectivity index (χ0) is 17.5. The molecule has 0 aliphatic rings. The van der Waals surface area contributed by atoms with Crippen molar-refractivity contribution in [1.82, 2.24) is 19.9 Å². The molecule has 25 heavy (non-hydrogen) atoms. The Morgan fingerprint density at radius 2 is 2.12 bits per heavy atom. The number of nitriles is 1. The molecule has 7 heteroatoms. The van der Waals surface area contributed by atoms with Crippen molar-refractivity contribution >= 4 is 21.6 Å². The molecule has 3 heterocycles. The summed E-state index contributed by atoms with van der Waals surface area (Å²) >= 11 is 1.48. The van der Waals surface area contributed by atoms with Crippen LogP contribution in [0, 0.1) is 11.3 Å². The summed E-state index contributed by atoms with van der Waals surface area (Å²) in [5.74, 6) is -0.539. The Labute approximate surface area is 150 Å². The van der Waals surface area contributed by atoms with E-state index in [1.165, 1.54) is 24.2 Å². The fourth-order valence-electron chi connectivity index (χ4n) is 2.45. The molecule has 0 aromatic carbocycles. The minimum Gasteiger partial charge on any atom is -0.463 e. The molecule has 3 rings (SSSR count). The van der Waals surface area contributed by atoms with Crippen LogP contribution < -0.4 is 4.74 Å². The van der Waals surface area contributed by atoms with Gasteiger partial charge in [-0.25, -0.2) is 9.97 Å². The van der Waals surface area contributed by atoms with Crippen molar-refractivity contribution in [3.8, 4) is 12.1 Å². The summed E-state index contributed by atoms with van der Waals surface area (Å²) in [5, 5.41) is 10.3. The van der Waals surface area contributed by atoms with Crippen LogP contribution in [0.15, 0.2) is 30.7 Å². The van der Waals surface area contributed by atoms with E-state index in [-0.39, 0.29) is 0 Å². The van der Waals surface area contributed by atoms with Gasteiger partial charge in [-0.3, -0.25) is 4.98 Å². The summed E-state index contributed by atoms with van der Waals surface area (Å²) in [6, 6.07) is 6.24. The van der Waals surface area contributed by atoms with Gasteiger partial charge in [-0.1, -0.05) is 26.2 Å². The van der Waals surface area contributed by atoms with Crippen molar-refractivity contribution < 1.29 is 4.74 Å². The van der Waals surface area contributed by atoms with Crippen molar-refractivity contribution in [2.45, 2.75) is 38.5 Å². The fourth-order valence-corrected chi connectivity index (χ4v) is 3.44. The molecule has 0 amide bonds. The second-order valence-corrected chi connectivity index (χ2v) is 6.69. The normalized spacial score (nSPS) is 12.0. The Kier molecular flexibility index (Phi) is 5.86. The van der Waals surface area contributed by atoms with Crippen molar-refractivity contribution in [2.75, 3.05) is 6.61 Å². The van der Waals surface area contributed by atoms with Gasteiger partial charge in [0.25, 0.3) is 0 Å². The summed E-state index contributed by atoms with van der Waals surface area (Å²) in [6.45, 7) is 2.76. The van der Waals surface area contributed by atoms with Gasteiger partial charge >= 0.3 is 6.01 Å². The molecule has 3 aromatic rings. The molecule has 0 saturated carbocycles. The maximum Gasteiger partial charge on any atom is 0.316 e. The van der Waals surface area contributed by atoms with E-state index in [9.17, 15) is 5.26 Å². The molecule has 0 spiro atoms. The van der Waals surface area contributed by atoms with Crippen LogP contribution in [0.3, 0.4) is 0 Å². The van der Waals surface area contributed by atoms with Crippen LogP contribution in [0.1, 0.15) is 49.2 Å². The van der Waals surface area contributed by atoms with Crippen molar-refractivity contribution in [3.05, 3.63) is 41.4 Å². The standard InChI is InChI=1S/C18H19N5OS/c1-2-3-4-5-10-24-18-21-9-6-14(23-18)13(11-19)17-22-15-12-20-8-7-16(15)25-17/h6-9,12-13H,2-5,10H2,1H3. The molecule has 1 unspecified atom stereocenters. The summed E-state index contributed by atoms with van der Waals surface area (Å²) in [6.07, 6.45) is 9.56. The molecule has 6 nitrogen and oxygen atoms in total. The molecule has 0 N–H and O–H groups in total. The largest absolute Gasteiger partial charge is 0.463 e. The van der Waals surface area contributed by atoms with Gasteiger partial charge in [0.1, 0.15) is 10.9 Å². The second kappa shape index (κ2) is 8.49. The number of ether oxygens (including phenoxy) is 1. The molecular weight excluding hydrogens is 334 g/mol. The lowest BCUT2D eigenvalue weighted by molar-refractivity contribution is 0.280. The maximum atomic E-state index is 9.62. The molecule has 1 atom stereocenters. The first-order valence-electron chi connectivity index (χ1n) is 8.37. The first kappa shape index (κ1) is 17.2. The Morgan fingerprint density at radius 1 is 1.20 bits per heavy atom. The lowest BCUT2D eigenvalue weighted by Crippen LogP contribution is -2.06. The Balaban J connectivity index is 1.75. The monoisotopic (exact) mass is 353 g/mol. The van der Waals surface area contributed by atoms with Crippen molar-refractivity contribution in [1.29, 1.82) is 5.26 Å². The van der Waals surface area contributed by atoms with Gasteiger partial charge in [0, 0.05) is 12.4 Å². The average Bonchev–Trinajstić information content (AvgIpc) is 3.06. The fraction of sp³-hybridized carbons (Fsp3) is 0.389. The number of nitrogens with zero attached hydrogens (tertiary/aromatic N) is 5. The number of aromatic nitrogens is 4. The number of unbranched alkanes of at least 4 members (excludes halogenated alkanes) is 3. The smallest absolute Gasteiger partial charge is 0.316 e. The van der Waals surface area contributed by atoms with Crippen LogP contribution in [0.2, 0.25) is 0 Å². The van der Waals surface area contributed by atoms with E-state index in [0.29, 0.717) is 23.3 Å². The molecule has 0 aliphatic heterocycles. The number of pyridine rings is 1. The first-order valence-corrected chi connectivity index (χ1v) is 9.19. The van der Waals surface area contributed by atoms with Crippen LogP contribution in [0.5, 0.6) is 6.01 Å². The number of rotatable bonds is 8. The molecule has 0 fully saturated rings. The summed E-state index contributed by atoms with van der Waals surface area (Å²) in [4.78, 5) is 17.1. The third-order valence-corrected chi connectivity index (χ3v) is 4.86. The first-order chi connectivity index (χ1) is 12.3. The number of hydrogen-bond donors (Lipinski definition) is 0. The zero-order valence-electron chi connectivity index (χ0n) is 14.1. The third-order valence-electron chi connectivity index (χ3n) is 3.76. The van der Waals surface area contributed by atoms with Crippen molar-refractivity contribution in [2.24, 2.45) is 0 Å². The Hall–Kier alpha value is -2.59. The third kappa shape index (κ3) is 4.28. The predicted molar refractivity (Wildman–Crippen MR) is 96.5 cm³/mol. The summed E-state index contributed by atoms with van der Waals surface area (Å²) < 4.78 is 6.63. The van der Waals surface area contributed by atoms with E-state index < -0.39 is 5.92 Å². The quantitative estimate of drug-likeness (QED) is 0.567. The SMILES string of the molecule is CCCCCCOc1nccc(C(C#N)c2nc3cnccc3s2)n1. The van der Waals surface area contributed by atoms with Crippen LogP contribution in [-0.4, -0.2) is 26.5 Å². The summed E-state index contributed by atoms with van der Waals surface area (Å²) in [5.41, 5.74) is 1.40. The summed E-state index contributed by atoms with van der Waals surface area (Å²) in [7, 11) is 0. The van der Waals surface area contributed by atoms with Crippen molar-refractivity contribution in [3.63, 3.8) is 0 Å². The van der Waals surface area contributed by atoms with Gasteiger partial charge in [0.2, 0.25) is 0 Å². The van der Waals surface area contributed by atoms with E-state index >= 15 is 0 Å². The molecular formula is C18H19N5OS. The van der Waals surface area contributed by atoms with Gasteiger partial charge in [0.05, 0.1) is 34.8 Å². The molecule has 0 radical (unpaired) electrons. The van der Waals surface area contributed by atoms with E-state index in [4.69, 9.17) is 4.74 Å². The van der Waals surface area contributed by atoms with Gasteiger partial charge in [-0.2, -0.15) is 10.2 Å². The highest BCUT2D eigenvalue weighted by Crippen LogP contribution is 2.30. The Bertz CT molecular complexity index is 840. The lowest BCUT2D eigenvalue weighted by atomic mass is 10.1. The Morgan fingerprint density at radius 3 is 2.92 bits per heavy atom. The number of thiazole rings is 1. The highest BCUT2D eigenvalue weighted by Gasteiger charge is 2.20. The highest BCUT2D eigenvalue weighted by molar-refractivity contribution is 7.18. The predicted octanol–water partition coefficient (Wildman–Crippen LogP) is 4.10. The van der Waals surface area contributed by atoms with Gasteiger partial charge in [-0.15, -0.1) is 11.3 Å². The minimum absolute atomic E-state index is 0.317. The van der Waals surface area contributed by atoms with Gasteiger partial charge in [0.15, 0.2) is 0 Å². The molecule has 0 aliphatic carbocycles. The second-order valence-electron chi connectivity index (χ2n) is 5.63. The molecule has 0 bridgehead atoms. The van der Waals surface area contributed by atoms with Gasteiger partial charge < -0.3 is 4.74 Å². The van der Waals surface area contributed by atoms with Crippen LogP contribution in [-0.2, 0) is 0 Å². The topological polar surface area (TPSA) is 84.6 Å². The average molecular weight is 353 g/mol. The molecule has 0 saturated heterocycles. The maximum absolute atomic E-state index is 9.62. The number of hydrogen-bond acceptors (Lipinski definition) is 7. The van der Waals surface area contributed by atoms with Gasteiger partial charge in [-0.05, 0) is 18.6 Å². The van der Waals surface area contributed by atoms with Crippen LogP contribution >= 0.6 is 11.3 Å².